The van der Waals surface area contributed by atoms with E-state index in [1.165, 1.54) is 11.3 Å². The maximum Gasteiger partial charge on any atom is 0.434 e. The normalized spacial score (nSPS) is 12.1. The minimum atomic E-state index is -4.38. The standard InChI is InChI=1S/C19H26F3N5S/c1-23-18(25-12-10-17-26-16(13-28-17)19(20,21)22)24-11-4-5-14-6-8-15(9-7-14)27(2)3/h6-9,13H,4-5,10-12H2,1-3H3,(H2,23,24,25). The van der Waals surface area contributed by atoms with Crippen LogP contribution in [0.15, 0.2) is 34.6 Å². The van der Waals surface area contributed by atoms with Crippen molar-refractivity contribution in [2.45, 2.75) is 25.4 Å². The van der Waals surface area contributed by atoms with Gasteiger partial charge >= 0.3 is 6.18 Å². The Morgan fingerprint density at radius 1 is 1.11 bits per heavy atom. The molecule has 0 aliphatic heterocycles. The predicted octanol–water partition coefficient (Wildman–Crippen LogP) is 3.57. The van der Waals surface area contributed by atoms with E-state index in [4.69, 9.17) is 0 Å². The Bertz CT molecular complexity index is 754. The number of aromatic nitrogens is 1. The Morgan fingerprint density at radius 2 is 1.79 bits per heavy atom. The molecule has 0 bridgehead atoms. The van der Waals surface area contributed by atoms with Crippen LogP contribution in [0.4, 0.5) is 18.9 Å². The number of halogens is 3. The highest BCUT2D eigenvalue weighted by molar-refractivity contribution is 7.09. The maximum absolute atomic E-state index is 12.6. The number of rotatable bonds is 8. The van der Waals surface area contributed by atoms with E-state index in [9.17, 15) is 13.2 Å². The van der Waals surface area contributed by atoms with Crippen LogP contribution in [0, 0.1) is 0 Å². The van der Waals surface area contributed by atoms with Crippen molar-refractivity contribution in [1.82, 2.24) is 15.6 Å². The molecule has 1 aromatic heterocycles. The van der Waals surface area contributed by atoms with Crippen LogP contribution in [0.1, 0.15) is 22.7 Å². The summed E-state index contributed by atoms with van der Waals surface area (Å²) in [6.07, 6.45) is -2.06. The van der Waals surface area contributed by atoms with Gasteiger partial charge in [0.15, 0.2) is 11.7 Å². The van der Waals surface area contributed by atoms with Crippen molar-refractivity contribution < 1.29 is 13.2 Å². The number of aryl methyl sites for hydroxylation is 1. The van der Waals surface area contributed by atoms with Crippen LogP contribution in [0.25, 0.3) is 0 Å². The lowest BCUT2D eigenvalue weighted by atomic mass is 10.1. The molecule has 0 amide bonds. The summed E-state index contributed by atoms with van der Waals surface area (Å²) in [5.41, 5.74) is 1.63. The summed E-state index contributed by atoms with van der Waals surface area (Å²) in [4.78, 5) is 9.82. The summed E-state index contributed by atoms with van der Waals surface area (Å²) in [6, 6.07) is 8.47. The SMILES string of the molecule is CN=C(NCCCc1ccc(N(C)C)cc1)NCCc1nc(C(F)(F)F)cs1. The van der Waals surface area contributed by atoms with Crippen LogP contribution < -0.4 is 15.5 Å². The number of nitrogens with zero attached hydrogens (tertiary/aromatic N) is 3. The zero-order valence-corrected chi connectivity index (χ0v) is 17.1. The lowest BCUT2D eigenvalue weighted by molar-refractivity contribution is -0.140. The van der Waals surface area contributed by atoms with Gasteiger partial charge in [-0.25, -0.2) is 4.98 Å². The molecule has 0 aliphatic rings. The molecule has 0 radical (unpaired) electrons. The number of alkyl halides is 3. The largest absolute Gasteiger partial charge is 0.434 e. The molecule has 0 fully saturated rings. The number of anilines is 1. The molecule has 154 valence electrons. The number of nitrogens with one attached hydrogen (secondary N) is 2. The highest BCUT2D eigenvalue weighted by Crippen LogP contribution is 2.29. The first-order valence-electron chi connectivity index (χ1n) is 9.02. The summed E-state index contributed by atoms with van der Waals surface area (Å²) >= 11 is 1.02. The summed E-state index contributed by atoms with van der Waals surface area (Å²) in [7, 11) is 5.70. The highest BCUT2D eigenvalue weighted by Gasteiger charge is 2.33. The first kappa shape index (κ1) is 22.0. The van der Waals surface area contributed by atoms with Crippen molar-refractivity contribution in [3.05, 3.63) is 45.9 Å². The molecule has 2 rings (SSSR count). The molecule has 0 atom stereocenters. The van der Waals surface area contributed by atoms with E-state index in [1.54, 1.807) is 7.05 Å². The van der Waals surface area contributed by atoms with E-state index in [0.29, 0.717) is 23.9 Å². The van der Waals surface area contributed by atoms with Gasteiger partial charge in [0, 0.05) is 51.7 Å². The zero-order chi connectivity index (χ0) is 20.6. The number of hydrogen-bond acceptors (Lipinski definition) is 4. The molecule has 28 heavy (non-hydrogen) atoms. The van der Waals surface area contributed by atoms with Crippen LogP contribution in [0.5, 0.6) is 0 Å². The second kappa shape index (κ2) is 10.3. The van der Waals surface area contributed by atoms with Crippen molar-refractivity contribution in [3.63, 3.8) is 0 Å². The molecule has 1 aromatic carbocycles. The van der Waals surface area contributed by atoms with E-state index < -0.39 is 11.9 Å². The Kier molecular flexibility index (Phi) is 8.10. The molecule has 0 saturated heterocycles. The van der Waals surface area contributed by atoms with Crippen LogP contribution in [-0.4, -0.2) is 45.2 Å². The summed E-state index contributed by atoms with van der Waals surface area (Å²) in [5, 5.41) is 7.83. The first-order valence-corrected chi connectivity index (χ1v) is 9.90. The van der Waals surface area contributed by atoms with E-state index >= 15 is 0 Å². The van der Waals surface area contributed by atoms with Gasteiger partial charge in [0.1, 0.15) is 0 Å². The van der Waals surface area contributed by atoms with Crippen molar-refractivity contribution in [1.29, 1.82) is 0 Å². The molecule has 9 heteroatoms. The third kappa shape index (κ3) is 7.03. The third-order valence-electron chi connectivity index (χ3n) is 4.08. The van der Waals surface area contributed by atoms with Gasteiger partial charge in [0.2, 0.25) is 0 Å². The number of hydrogen-bond donors (Lipinski definition) is 2. The molecular weight excluding hydrogens is 387 g/mol. The van der Waals surface area contributed by atoms with Gasteiger partial charge in [-0.2, -0.15) is 13.2 Å². The topological polar surface area (TPSA) is 52.6 Å². The third-order valence-corrected chi connectivity index (χ3v) is 4.99. The lowest BCUT2D eigenvalue weighted by Gasteiger charge is -2.13. The van der Waals surface area contributed by atoms with Gasteiger partial charge in [-0.1, -0.05) is 12.1 Å². The average Bonchev–Trinajstić information content (AvgIpc) is 3.13. The first-order chi connectivity index (χ1) is 13.3. The van der Waals surface area contributed by atoms with E-state index in [0.717, 1.165) is 36.1 Å². The number of benzene rings is 1. The van der Waals surface area contributed by atoms with Gasteiger partial charge in [-0.3, -0.25) is 4.99 Å². The fourth-order valence-corrected chi connectivity index (χ4v) is 3.33. The molecule has 0 saturated carbocycles. The van der Waals surface area contributed by atoms with Gasteiger partial charge in [0.05, 0.1) is 5.01 Å². The van der Waals surface area contributed by atoms with Gasteiger partial charge < -0.3 is 15.5 Å². The average molecular weight is 414 g/mol. The monoisotopic (exact) mass is 413 g/mol. The molecule has 0 aliphatic carbocycles. The predicted molar refractivity (Wildman–Crippen MR) is 109 cm³/mol. The molecule has 1 heterocycles. The maximum atomic E-state index is 12.6. The Balaban J connectivity index is 1.66. The minimum Gasteiger partial charge on any atom is -0.378 e. The van der Waals surface area contributed by atoms with Crippen LogP contribution >= 0.6 is 11.3 Å². The number of guanidine groups is 1. The van der Waals surface area contributed by atoms with Crippen molar-refractivity contribution in [2.75, 3.05) is 39.1 Å². The Morgan fingerprint density at radius 3 is 2.36 bits per heavy atom. The fourth-order valence-electron chi connectivity index (χ4n) is 2.52. The van der Waals surface area contributed by atoms with Crippen molar-refractivity contribution in [2.24, 2.45) is 4.99 Å². The molecule has 5 nitrogen and oxygen atoms in total. The van der Waals surface area contributed by atoms with E-state index in [2.05, 4.69) is 49.8 Å². The zero-order valence-electron chi connectivity index (χ0n) is 16.3. The molecule has 2 N–H and O–H groups in total. The van der Waals surface area contributed by atoms with Gasteiger partial charge in [-0.15, -0.1) is 11.3 Å². The highest BCUT2D eigenvalue weighted by atomic mass is 32.1. The van der Waals surface area contributed by atoms with E-state index in [1.807, 2.05) is 14.1 Å². The second-order valence-corrected chi connectivity index (χ2v) is 7.41. The van der Waals surface area contributed by atoms with E-state index in [-0.39, 0.29) is 0 Å². The molecule has 2 aromatic rings. The quantitative estimate of drug-likeness (QED) is 0.395. The minimum absolute atomic E-state index is 0.416. The molecule has 0 spiro atoms. The Hall–Kier alpha value is -2.29. The molecular formula is C19H26F3N5S. The molecule has 0 unspecified atom stereocenters. The summed E-state index contributed by atoms with van der Waals surface area (Å²) in [5.74, 6) is 0.635. The Labute approximate surface area is 167 Å². The fraction of sp³-hybridized carbons (Fsp3) is 0.474. The number of thiazole rings is 1. The smallest absolute Gasteiger partial charge is 0.378 e. The summed E-state index contributed by atoms with van der Waals surface area (Å²) in [6.45, 7) is 1.22. The van der Waals surface area contributed by atoms with Crippen molar-refractivity contribution >= 4 is 23.0 Å². The van der Waals surface area contributed by atoms with Crippen LogP contribution in [0.3, 0.4) is 0 Å². The van der Waals surface area contributed by atoms with Gasteiger partial charge in [-0.05, 0) is 30.5 Å². The second-order valence-electron chi connectivity index (χ2n) is 6.46. The van der Waals surface area contributed by atoms with Crippen molar-refractivity contribution in [3.8, 4) is 0 Å². The van der Waals surface area contributed by atoms with Gasteiger partial charge in [0.25, 0.3) is 0 Å². The number of aliphatic imine (C=N–C) groups is 1. The lowest BCUT2D eigenvalue weighted by Crippen LogP contribution is -2.38. The van der Waals surface area contributed by atoms with Crippen LogP contribution in [-0.2, 0) is 19.0 Å². The van der Waals surface area contributed by atoms with Crippen LogP contribution in [0.2, 0.25) is 0 Å². The summed E-state index contributed by atoms with van der Waals surface area (Å²) < 4.78 is 37.7.